The molecule has 0 saturated carbocycles. The van der Waals surface area contributed by atoms with Crippen LogP contribution in [0, 0.1) is 0 Å². The Balaban J connectivity index is 2.21. The molecule has 7 heteroatoms. The first-order valence-electron chi connectivity index (χ1n) is 5.61. The first-order chi connectivity index (χ1) is 8.79. The van der Waals surface area contributed by atoms with Gasteiger partial charge in [0.25, 0.3) is 5.91 Å². The Hall–Kier alpha value is -1.60. The van der Waals surface area contributed by atoms with Crippen molar-refractivity contribution in [2.75, 3.05) is 13.1 Å². The van der Waals surface area contributed by atoms with Gasteiger partial charge in [0.1, 0.15) is 0 Å². The minimum atomic E-state index is -4.51. The van der Waals surface area contributed by atoms with E-state index in [0.717, 1.165) is 23.1 Å². The highest BCUT2D eigenvalue weighted by molar-refractivity contribution is 5.94. The van der Waals surface area contributed by atoms with Crippen LogP contribution in [0.3, 0.4) is 0 Å². The number of halogens is 3. The van der Waals surface area contributed by atoms with Crippen LogP contribution in [0.15, 0.2) is 24.3 Å². The highest BCUT2D eigenvalue weighted by Crippen LogP contribution is 2.30. The van der Waals surface area contributed by atoms with Gasteiger partial charge in [0.15, 0.2) is 0 Å². The van der Waals surface area contributed by atoms with Crippen LogP contribution in [0.5, 0.6) is 0 Å². The molecule has 1 amide bonds. The number of likely N-dealkylation sites (tertiary alicyclic amines) is 1. The molecule has 2 N–H and O–H groups in total. The molecule has 1 heterocycles. The highest BCUT2D eigenvalue weighted by Gasteiger charge is 2.34. The molecule has 1 aromatic carbocycles. The fourth-order valence-electron chi connectivity index (χ4n) is 1.95. The maximum atomic E-state index is 12.5. The van der Waals surface area contributed by atoms with Crippen molar-refractivity contribution in [2.45, 2.75) is 18.4 Å². The van der Waals surface area contributed by atoms with E-state index in [-0.39, 0.29) is 18.7 Å². The SMILES string of the molecule is O=C(c1cccc(C(F)(F)F)c1)N1C[C@@H](O)[C@@H](O)C1. The molecule has 0 unspecified atom stereocenters. The summed E-state index contributed by atoms with van der Waals surface area (Å²) in [5.74, 6) is -0.637. The highest BCUT2D eigenvalue weighted by atomic mass is 19.4. The molecule has 1 fully saturated rings. The average molecular weight is 275 g/mol. The van der Waals surface area contributed by atoms with E-state index in [0.29, 0.717) is 0 Å². The summed E-state index contributed by atoms with van der Waals surface area (Å²) >= 11 is 0. The fourth-order valence-corrected chi connectivity index (χ4v) is 1.95. The van der Waals surface area contributed by atoms with Gasteiger partial charge < -0.3 is 15.1 Å². The number of carbonyl (C=O) groups excluding carboxylic acids is 1. The summed E-state index contributed by atoms with van der Waals surface area (Å²) < 4.78 is 37.6. The number of benzene rings is 1. The van der Waals surface area contributed by atoms with Crippen molar-refractivity contribution < 1.29 is 28.2 Å². The van der Waals surface area contributed by atoms with Crippen LogP contribution >= 0.6 is 0 Å². The van der Waals surface area contributed by atoms with Crippen LogP contribution in [0.25, 0.3) is 0 Å². The molecule has 0 spiro atoms. The average Bonchev–Trinajstić information content (AvgIpc) is 2.68. The number of hydrogen-bond donors (Lipinski definition) is 2. The fraction of sp³-hybridized carbons (Fsp3) is 0.417. The number of alkyl halides is 3. The molecule has 1 aliphatic heterocycles. The molecule has 0 bridgehead atoms. The van der Waals surface area contributed by atoms with Gasteiger partial charge >= 0.3 is 6.18 Å². The van der Waals surface area contributed by atoms with Gasteiger partial charge in [-0.15, -0.1) is 0 Å². The number of rotatable bonds is 1. The molecule has 4 nitrogen and oxygen atoms in total. The molecular formula is C12H12F3NO3. The van der Waals surface area contributed by atoms with E-state index in [1.807, 2.05) is 0 Å². The van der Waals surface area contributed by atoms with Gasteiger partial charge in [0, 0.05) is 18.7 Å². The van der Waals surface area contributed by atoms with E-state index >= 15 is 0 Å². The van der Waals surface area contributed by atoms with Crippen molar-refractivity contribution in [3.8, 4) is 0 Å². The molecule has 1 aromatic rings. The topological polar surface area (TPSA) is 60.8 Å². The lowest BCUT2D eigenvalue weighted by molar-refractivity contribution is -0.137. The number of hydrogen-bond acceptors (Lipinski definition) is 3. The standard InChI is InChI=1S/C12H12F3NO3/c13-12(14,15)8-3-1-2-7(4-8)11(19)16-5-9(17)10(18)6-16/h1-4,9-10,17-18H,5-6H2/t9-,10+. The predicted molar refractivity (Wildman–Crippen MR) is 59.4 cm³/mol. The quantitative estimate of drug-likeness (QED) is 0.800. The molecule has 19 heavy (non-hydrogen) atoms. The number of nitrogens with zero attached hydrogens (tertiary/aromatic N) is 1. The molecule has 0 aromatic heterocycles. The van der Waals surface area contributed by atoms with Crippen molar-refractivity contribution in [1.29, 1.82) is 0 Å². The lowest BCUT2D eigenvalue weighted by Crippen LogP contribution is -2.30. The van der Waals surface area contributed by atoms with E-state index in [9.17, 15) is 28.2 Å². The Labute approximate surface area is 107 Å². The van der Waals surface area contributed by atoms with Crippen molar-refractivity contribution in [2.24, 2.45) is 0 Å². The van der Waals surface area contributed by atoms with Gasteiger partial charge in [0.05, 0.1) is 17.8 Å². The maximum Gasteiger partial charge on any atom is 0.416 e. The third kappa shape index (κ3) is 2.87. The Bertz CT molecular complexity index is 479. The third-order valence-electron chi connectivity index (χ3n) is 2.98. The molecule has 104 valence electrons. The summed E-state index contributed by atoms with van der Waals surface area (Å²) in [4.78, 5) is 13.1. The number of aliphatic hydroxyl groups is 2. The molecule has 0 aliphatic carbocycles. The van der Waals surface area contributed by atoms with Crippen LogP contribution in [0.2, 0.25) is 0 Å². The van der Waals surface area contributed by atoms with E-state index in [1.165, 1.54) is 6.07 Å². The zero-order valence-corrected chi connectivity index (χ0v) is 9.76. The molecular weight excluding hydrogens is 263 g/mol. The molecule has 2 atom stereocenters. The summed E-state index contributed by atoms with van der Waals surface area (Å²) in [7, 11) is 0. The molecule has 2 rings (SSSR count). The van der Waals surface area contributed by atoms with Gasteiger partial charge in [-0.2, -0.15) is 13.2 Å². The van der Waals surface area contributed by atoms with Crippen LogP contribution < -0.4 is 0 Å². The van der Waals surface area contributed by atoms with E-state index < -0.39 is 29.9 Å². The smallest absolute Gasteiger partial charge is 0.388 e. The molecule has 1 saturated heterocycles. The Kier molecular flexibility index (Phi) is 3.51. The van der Waals surface area contributed by atoms with Gasteiger partial charge in [-0.3, -0.25) is 4.79 Å². The number of β-amino-alcohol motifs (C(OH)–C–C–N with tert-alkyl or cyclic N) is 2. The molecule has 1 aliphatic rings. The van der Waals surface area contributed by atoms with E-state index in [1.54, 1.807) is 0 Å². The minimum Gasteiger partial charge on any atom is -0.388 e. The Morgan fingerprint density at radius 1 is 1.21 bits per heavy atom. The minimum absolute atomic E-state index is 0.0871. The Morgan fingerprint density at radius 2 is 1.79 bits per heavy atom. The van der Waals surface area contributed by atoms with E-state index in [2.05, 4.69) is 0 Å². The summed E-state index contributed by atoms with van der Waals surface area (Å²) in [5, 5.41) is 18.6. The summed E-state index contributed by atoms with van der Waals surface area (Å²) in [6.45, 7) is -0.174. The zero-order chi connectivity index (χ0) is 14.2. The number of aliphatic hydroxyl groups excluding tert-OH is 2. The molecule has 0 radical (unpaired) electrons. The lowest BCUT2D eigenvalue weighted by Gasteiger charge is -2.16. The van der Waals surface area contributed by atoms with Gasteiger partial charge in [-0.05, 0) is 18.2 Å². The first-order valence-corrected chi connectivity index (χ1v) is 5.61. The monoisotopic (exact) mass is 275 g/mol. The third-order valence-corrected chi connectivity index (χ3v) is 2.98. The van der Waals surface area contributed by atoms with Gasteiger partial charge in [-0.1, -0.05) is 6.07 Å². The largest absolute Gasteiger partial charge is 0.416 e. The number of carbonyl (C=O) groups is 1. The van der Waals surface area contributed by atoms with Crippen molar-refractivity contribution in [3.05, 3.63) is 35.4 Å². The second-order valence-corrected chi connectivity index (χ2v) is 4.42. The Morgan fingerprint density at radius 3 is 2.32 bits per heavy atom. The summed E-state index contributed by atoms with van der Waals surface area (Å²) in [5.41, 5.74) is -1.02. The van der Waals surface area contributed by atoms with Crippen molar-refractivity contribution in [1.82, 2.24) is 4.90 Å². The van der Waals surface area contributed by atoms with Gasteiger partial charge in [-0.25, -0.2) is 0 Å². The van der Waals surface area contributed by atoms with Crippen LogP contribution in [0.1, 0.15) is 15.9 Å². The number of amides is 1. The first kappa shape index (κ1) is 13.8. The van der Waals surface area contributed by atoms with Crippen LogP contribution in [-0.2, 0) is 6.18 Å². The van der Waals surface area contributed by atoms with E-state index in [4.69, 9.17) is 0 Å². The second kappa shape index (κ2) is 4.82. The summed E-state index contributed by atoms with van der Waals surface area (Å²) in [6, 6.07) is 4.07. The summed E-state index contributed by atoms with van der Waals surface area (Å²) in [6.07, 6.45) is -6.63. The van der Waals surface area contributed by atoms with Crippen molar-refractivity contribution >= 4 is 5.91 Å². The van der Waals surface area contributed by atoms with Gasteiger partial charge in [0.2, 0.25) is 0 Å². The van der Waals surface area contributed by atoms with Crippen molar-refractivity contribution in [3.63, 3.8) is 0 Å². The normalized spacial score (nSPS) is 23.7. The maximum absolute atomic E-state index is 12.5. The zero-order valence-electron chi connectivity index (χ0n) is 9.76. The predicted octanol–water partition coefficient (Wildman–Crippen LogP) is 0.883. The van der Waals surface area contributed by atoms with Crippen LogP contribution in [-0.4, -0.2) is 46.3 Å². The second-order valence-electron chi connectivity index (χ2n) is 4.42. The van der Waals surface area contributed by atoms with Crippen LogP contribution in [0.4, 0.5) is 13.2 Å². The lowest BCUT2D eigenvalue weighted by atomic mass is 10.1.